The summed E-state index contributed by atoms with van der Waals surface area (Å²) in [5.41, 5.74) is -0.640. The Morgan fingerprint density at radius 3 is 1.27 bits per heavy atom. The molecule has 5 aromatic rings. The molecule has 0 amide bonds. The van der Waals surface area contributed by atoms with E-state index in [1.165, 1.54) is 42.5 Å². The molecule has 32 heteroatoms. The number of nitrogens with zero attached hydrogens (tertiary/aromatic N) is 4. The fourth-order valence-corrected chi connectivity index (χ4v) is 8.15. The van der Waals surface area contributed by atoms with Crippen LogP contribution in [0.15, 0.2) is 88.1 Å². The van der Waals surface area contributed by atoms with Crippen molar-refractivity contribution in [1.82, 2.24) is 19.6 Å². The standard InChI is InChI=1S/C30H26N2O13.C10H16N2O8.C9H6O3.4Na/c33-21-7-23-19(5-15(21)9-31(11-25(35)36)12-26(37)38)30(18-4-2-1-3-17(18)29(43)45-30)20-6-16(22(34)8-24(20)44-23)10-32(13-27(39)40)14-28(41)42;13-7(14)3-11(4-8(15)16)1-2-12(5-9(17)18)6-10(19)20;10-7-3-1-6-2-4-9(11)12-8(6)5-7;;;;/h1-8,33-34H,9-14H2,(H,35,36)(H,37,38)(H,39,40)(H,41,42);1-6H2,(H,13,14)(H,15,16)(H,17,18)(H,19,20);1-5,10H;;;;/q;;;4*+1/p-4. The fourth-order valence-electron chi connectivity index (χ4n) is 8.15. The number of carboxylic acids is 8. The molecule has 4 aromatic carbocycles. The number of hydrogen-bond donors (Lipinski definition) is 7. The molecule has 2 aliphatic rings. The molecule has 0 fully saturated rings. The van der Waals surface area contributed by atoms with Crippen LogP contribution in [-0.4, -0.2) is 175 Å². The number of rotatable bonds is 23. The molecule has 0 saturated carbocycles. The third kappa shape index (κ3) is 21.2. The van der Waals surface area contributed by atoms with Gasteiger partial charge in [0, 0.05) is 110 Å². The Hall–Kier alpha value is -5.64. The van der Waals surface area contributed by atoms with Crippen LogP contribution in [0.2, 0.25) is 0 Å². The van der Waals surface area contributed by atoms with Crippen molar-refractivity contribution in [3.8, 4) is 28.7 Å². The summed E-state index contributed by atoms with van der Waals surface area (Å²) in [7, 11) is 0. The molecule has 0 atom stereocenters. The molecule has 1 spiro atoms. The summed E-state index contributed by atoms with van der Waals surface area (Å²) in [5, 5.41) is 110. The van der Waals surface area contributed by atoms with Crippen LogP contribution in [0, 0.1) is 0 Å². The molecule has 0 saturated heterocycles. The van der Waals surface area contributed by atoms with Gasteiger partial charge in [0.05, 0.1) is 55.6 Å². The van der Waals surface area contributed by atoms with Crippen molar-refractivity contribution in [2.24, 2.45) is 0 Å². The van der Waals surface area contributed by atoms with Crippen molar-refractivity contribution in [1.29, 1.82) is 0 Å². The molecule has 7 rings (SSSR count). The van der Waals surface area contributed by atoms with Crippen LogP contribution in [0.1, 0.15) is 38.2 Å². The number of benzene rings is 4. The smallest absolute Gasteiger partial charge is 0.549 e. The molecule has 0 unspecified atom stereocenters. The predicted octanol–water partition coefficient (Wildman–Crippen LogP) is -16.3. The second kappa shape index (κ2) is 33.5. The molecule has 7 N–H and O–H groups in total. The first-order valence-electron chi connectivity index (χ1n) is 22.3. The maximum Gasteiger partial charge on any atom is 1.00 e. The van der Waals surface area contributed by atoms with Crippen LogP contribution < -0.4 is 149 Å². The Labute approximate surface area is 545 Å². The van der Waals surface area contributed by atoms with Gasteiger partial charge >= 0.3 is 154 Å². The molecular formula is C49H44N4Na4O24. The zero-order chi connectivity index (χ0) is 56.9. The number of carboxylic acid groups (broad SMARTS) is 8. The van der Waals surface area contributed by atoms with Gasteiger partial charge in [0.25, 0.3) is 0 Å². The molecular weight excluding hydrogens is 1120 g/mol. The monoisotopic (exact) mass is 1160 g/mol. The number of aliphatic carboxylic acids is 8. The van der Waals surface area contributed by atoms with Gasteiger partial charge in [0.2, 0.25) is 0 Å². The maximum atomic E-state index is 13.3. The largest absolute Gasteiger partial charge is 1.00 e. The van der Waals surface area contributed by atoms with E-state index in [0.717, 1.165) is 25.0 Å². The third-order valence-corrected chi connectivity index (χ3v) is 11.1. The molecule has 0 bridgehead atoms. The molecule has 1 aromatic heterocycles. The van der Waals surface area contributed by atoms with Crippen molar-refractivity contribution in [3.05, 3.63) is 123 Å². The Morgan fingerprint density at radius 1 is 0.481 bits per heavy atom. The quantitative estimate of drug-likeness (QED) is 0.0181. The van der Waals surface area contributed by atoms with Crippen LogP contribution in [0.4, 0.5) is 0 Å². The minimum absolute atomic E-state index is 0. The summed E-state index contributed by atoms with van der Waals surface area (Å²) in [4.78, 5) is 115. The Balaban J connectivity index is 0.000000754. The van der Waals surface area contributed by atoms with E-state index in [9.17, 15) is 99.0 Å². The van der Waals surface area contributed by atoms with Crippen LogP contribution in [0.5, 0.6) is 28.7 Å². The predicted molar refractivity (Wildman–Crippen MR) is 246 cm³/mol. The summed E-state index contributed by atoms with van der Waals surface area (Å²) < 4.78 is 17.0. The van der Waals surface area contributed by atoms with Crippen molar-refractivity contribution >= 4 is 64.7 Å². The summed E-state index contributed by atoms with van der Waals surface area (Å²) in [6.45, 7) is -6.52. The van der Waals surface area contributed by atoms with Crippen LogP contribution in [-0.2, 0) is 61.8 Å². The molecule has 81 heavy (non-hydrogen) atoms. The molecule has 3 heterocycles. The Kier molecular flexibility index (Phi) is 30.3. The summed E-state index contributed by atoms with van der Waals surface area (Å²) in [6, 6.07) is 19.3. The number of aromatic hydroxyl groups is 3. The topological polar surface area (TPSA) is 449 Å². The minimum atomic E-state index is -1.75. The van der Waals surface area contributed by atoms with Gasteiger partial charge in [-0.1, -0.05) is 18.2 Å². The third-order valence-electron chi connectivity index (χ3n) is 11.1. The second-order valence-electron chi connectivity index (χ2n) is 16.9. The number of carbonyl (C=O) groups excluding carboxylic acids is 5. The van der Waals surface area contributed by atoms with Gasteiger partial charge in [-0.2, -0.15) is 0 Å². The molecule has 408 valence electrons. The molecule has 2 aliphatic heterocycles. The number of phenolic OH excluding ortho intramolecular Hbond substituents is 3. The van der Waals surface area contributed by atoms with Gasteiger partial charge in [-0.05, 0) is 36.4 Å². The van der Waals surface area contributed by atoms with E-state index in [2.05, 4.69) is 0 Å². The first-order valence-corrected chi connectivity index (χ1v) is 22.3. The number of fused-ring (bicyclic) bond motifs is 7. The van der Waals surface area contributed by atoms with E-state index >= 15 is 0 Å². The van der Waals surface area contributed by atoms with Crippen LogP contribution in [0.25, 0.3) is 11.0 Å². The second-order valence-corrected chi connectivity index (χ2v) is 16.9. The van der Waals surface area contributed by atoms with E-state index < -0.39 is 117 Å². The van der Waals surface area contributed by atoms with Crippen molar-refractivity contribution in [3.63, 3.8) is 0 Å². The molecule has 0 radical (unpaired) electrons. The van der Waals surface area contributed by atoms with Gasteiger partial charge in [-0.3, -0.25) is 38.8 Å². The van der Waals surface area contributed by atoms with Gasteiger partial charge in [0.1, 0.15) is 34.3 Å². The Bertz CT molecular complexity index is 3000. The van der Waals surface area contributed by atoms with E-state index in [1.54, 1.807) is 36.4 Å². The number of phenols is 3. The summed E-state index contributed by atoms with van der Waals surface area (Å²) in [6.07, 6.45) is 0. The van der Waals surface area contributed by atoms with Crippen molar-refractivity contribution in [2.75, 3.05) is 65.4 Å². The normalized spacial score (nSPS) is 11.9. The number of esters is 1. The number of hydrogen-bond acceptors (Lipinski definition) is 24. The van der Waals surface area contributed by atoms with E-state index in [1.807, 2.05) is 0 Å². The van der Waals surface area contributed by atoms with Crippen LogP contribution in [0.3, 0.4) is 0 Å². The number of ether oxygens (including phenoxy) is 2. The average molecular weight is 1160 g/mol. The summed E-state index contributed by atoms with van der Waals surface area (Å²) >= 11 is 0. The van der Waals surface area contributed by atoms with E-state index in [-0.39, 0.29) is 201 Å². The zero-order valence-corrected chi connectivity index (χ0v) is 51.9. The summed E-state index contributed by atoms with van der Waals surface area (Å²) in [5.74, 6) is -12.6. The fraction of sp³-hybridized carbons (Fsp3) is 0.265. The average Bonchev–Trinajstić information content (AvgIpc) is 3.59. The Morgan fingerprint density at radius 2 is 0.877 bits per heavy atom. The van der Waals surface area contributed by atoms with E-state index in [4.69, 9.17) is 19.0 Å². The minimum Gasteiger partial charge on any atom is -0.549 e. The number of carbonyl (C=O) groups is 9. The van der Waals surface area contributed by atoms with Gasteiger partial charge in [-0.25, -0.2) is 9.59 Å². The van der Waals surface area contributed by atoms with Gasteiger partial charge < -0.3 is 89.2 Å². The SMILES string of the molecule is O=C(O)CN(CC(=O)O)Cc1cc2c(cc1O)Oc1cc(O)c(CN(CC(=O)O)CC(=O)O)cc1C21OC(=O)c2ccccc21.O=C([O-])CN(CCN(CC(=O)[O-])CC(=O)[O-])CC(=O)[O-].O=c1ccc2ccc(O)cc2o1.[Na+].[Na+].[Na+].[Na+]. The molecule has 0 aliphatic carbocycles. The van der Waals surface area contributed by atoms with Gasteiger partial charge in [-0.15, -0.1) is 0 Å². The first kappa shape index (κ1) is 73.4. The van der Waals surface area contributed by atoms with Crippen molar-refractivity contribution < 1.29 is 231 Å². The maximum absolute atomic E-state index is 13.3. The van der Waals surface area contributed by atoms with E-state index in [0.29, 0.717) is 11.1 Å². The molecule has 28 nitrogen and oxygen atoms in total. The van der Waals surface area contributed by atoms with Crippen LogP contribution >= 0.6 is 0 Å². The zero-order valence-electron chi connectivity index (χ0n) is 43.9. The van der Waals surface area contributed by atoms with Gasteiger partial charge in [0.15, 0.2) is 5.60 Å². The van der Waals surface area contributed by atoms with Crippen molar-refractivity contribution in [2.45, 2.75) is 18.7 Å². The first-order chi connectivity index (χ1) is 36.2.